The Balaban J connectivity index is 0.000000416. The van der Waals surface area contributed by atoms with Crippen LogP contribution >= 0.6 is 15.9 Å². The Morgan fingerprint density at radius 3 is 2.19 bits per heavy atom. The highest BCUT2D eigenvalue weighted by Gasteiger charge is 2.15. The summed E-state index contributed by atoms with van der Waals surface area (Å²) in [6, 6.07) is 17.7. The van der Waals surface area contributed by atoms with Crippen molar-refractivity contribution in [3.05, 3.63) is 70.2 Å². The van der Waals surface area contributed by atoms with Gasteiger partial charge in [0.2, 0.25) is 0 Å². The van der Waals surface area contributed by atoms with Crippen molar-refractivity contribution in [2.45, 2.75) is 34.7 Å². The number of ether oxygens (including phenoxy) is 3. The maximum Gasteiger partial charge on any atom is 0.338 e. The molecule has 0 bridgehead atoms. The summed E-state index contributed by atoms with van der Waals surface area (Å²) < 4.78 is 15.6. The summed E-state index contributed by atoms with van der Waals surface area (Å²) in [6.07, 6.45) is 0. The Labute approximate surface area is 222 Å². The van der Waals surface area contributed by atoms with Crippen molar-refractivity contribution < 1.29 is 23.8 Å². The molecule has 0 amide bonds. The number of benzene rings is 3. The van der Waals surface area contributed by atoms with Crippen LogP contribution in [0.25, 0.3) is 10.8 Å². The number of methoxy groups -OCH3 is 1. The van der Waals surface area contributed by atoms with Crippen LogP contribution in [0.15, 0.2) is 59.1 Å². The smallest absolute Gasteiger partial charge is 0.338 e. The number of nitrogen functional groups attached to an aromatic ring is 1. The van der Waals surface area contributed by atoms with E-state index in [9.17, 15) is 9.59 Å². The third-order valence-electron chi connectivity index (χ3n) is 5.32. The van der Waals surface area contributed by atoms with E-state index < -0.39 is 11.9 Å². The summed E-state index contributed by atoms with van der Waals surface area (Å²) in [4.78, 5) is 25.0. The van der Waals surface area contributed by atoms with Crippen LogP contribution in [0, 0.1) is 0 Å². The number of rotatable bonds is 9. The van der Waals surface area contributed by atoms with E-state index in [0.29, 0.717) is 22.3 Å². The molecule has 0 fully saturated rings. The van der Waals surface area contributed by atoms with Crippen molar-refractivity contribution in [2.75, 3.05) is 39.1 Å². The minimum Gasteiger partial charge on any atom is -0.497 e. The molecule has 2 N–H and O–H groups in total. The van der Waals surface area contributed by atoms with Crippen molar-refractivity contribution in [3.63, 3.8) is 0 Å². The molecule has 0 radical (unpaired) electrons. The summed E-state index contributed by atoms with van der Waals surface area (Å²) in [5, 5.41) is 2.47. The van der Waals surface area contributed by atoms with Gasteiger partial charge in [-0.25, -0.2) is 4.79 Å². The number of hydrogen-bond donors (Lipinski definition) is 1. The summed E-state index contributed by atoms with van der Waals surface area (Å²) in [5.41, 5.74) is 7.98. The van der Waals surface area contributed by atoms with Crippen molar-refractivity contribution in [1.29, 1.82) is 0 Å². The molecule has 0 saturated carbocycles. The number of carbonyl (C=O) groups excluding carboxylic acids is 2. The quantitative estimate of drug-likeness (QED) is 0.192. The molecule has 36 heavy (non-hydrogen) atoms. The third-order valence-corrected chi connectivity index (χ3v) is 5.97. The average Bonchev–Trinajstić information content (AvgIpc) is 2.87. The van der Waals surface area contributed by atoms with Gasteiger partial charge in [-0.15, -0.1) is 0 Å². The predicted octanol–water partition coefficient (Wildman–Crippen LogP) is 6.08. The lowest BCUT2D eigenvalue weighted by molar-refractivity contribution is -0.142. The second-order valence-electron chi connectivity index (χ2n) is 7.68. The fraction of sp³-hybridized carbons (Fsp3) is 0.357. The number of esters is 2. The molecule has 0 aliphatic rings. The SMILES string of the molecule is C.CCN(CC)Cc1cc(C(=O)OCCOC(C)=O)cc(Br)c1N.COc1ccc2ccccc2c1. The predicted molar refractivity (Wildman–Crippen MR) is 149 cm³/mol. The van der Waals surface area contributed by atoms with E-state index in [1.807, 2.05) is 24.3 Å². The molecule has 7 nitrogen and oxygen atoms in total. The van der Waals surface area contributed by atoms with Crippen LogP contribution < -0.4 is 10.5 Å². The molecule has 0 heterocycles. The zero-order valence-electron chi connectivity index (χ0n) is 20.7. The number of carbonyl (C=O) groups is 2. The van der Waals surface area contributed by atoms with E-state index in [1.54, 1.807) is 19.2 Å². The molecule has 0 spiro atoms. The molecule has 3 aromatic carbocycles. The highest BCUT2D eigenvalue weighted by atomic mass is 79.9. The Morgan fingerprint density at radius 1 is 0.944 bits per heavy atom. The lowest BCUT2D eigenvalue weighted by atomic mass is 10.1. The lowest BCUT2D eigenvalue weighted by Gasteiger charge is -2.20. The highest BCUT2D eigenvalue weighted by Crippen LogP contribution is 2.27. The van der Waals surface area contributed by atoms with Crippen LogP contribution in [0.3, 0.4) is 0 Å². The molecule has 3 rings (SSSR count). The van der Waals surface area contributed by atoms with Gasteiger partial charge in [0, 0.05) is 17.9 Å². The maximum atomic E-state index is 12.1. The van der Waals surface area contributed by atoms with Crippen molar-refractivity contribution in [1.82, 2.24) is 4.90 Å². The van der Waals surface area contributed by atoms with Crippen molar-refractivity contribution in [2.24, 2.45) is 0 Å². The van der Waals surface area contributed by atoms with E-state index >= 15 is 0 Å². The summed E-state index contributed by atoms with van der Waals surface area (Å²) in [7, 11) is 1.68. The molecule has 0 atom stereocenters. The van der Waals surface area contributed by atoms with Gasteiger partial charge >= 0.3 is 11.9 Å². The molecule has 0 aromatic heterocycles. The van der Waals surface area contributed by atoms with E-state index in [1.165, 1.54) is 17.7 Å². The topological polar surface area (TPSA) is 91.1 Å². The fourth-order valence-electron chi connectivity index (χ4n) is 3.31. The van der Waals surface area contributed by atoms with Crippen LogP contribution in [0.1, 0.15) is 44.1 Å². The van der Waals surface area contributed by atoms with Crippen LogP contribution in [0.2, 0.25) is 0 Å². The zero-order valence-corrected chi connectivity index (χ0v) is 22.3. The Morgan fingerprint density at radius 2 is 1.58 bits per heavy atom. The first-order chi connectivity index (χ1) is 16.8. The van der Waals surface area contributed by atoms with Gasteiger partial charge < -0.3 is 19.9 Å². The molecular formula is C28H37BrN2O5. The van der Waals surface area contributed by atoms with Gasteiger partial charge in [0.05, 0.1) is 18.4 Å². The molecule has 0 aliphatic heterocycles. The first-order valence-electron chi connectivity index (χ1n) is 11.4. The van der Waals surface area contributed by atoms with Gasteiger partial charge in [-0.1, -0.05) is 51.6 Å². The molecule has 196 valence electrons. The summed E-state index contributed by atoms with van der Waals surface area (Å²) in [5.74, 6) is 0.0325. The summed E-state index contributed by atoms with van der Waals surface area (Å²) >= 11 is 3.38. The largest absolute Gasteiger partial charge is 0.497 e. The lowest BCUT2D eigenvalue weighted by Crippen LogP contribution is -2.23. The zero-order chi connectivity index (χ0) is 25.8. The van der Waals surface area contributed by atoms with Crippen LogP contribution in [0.5, 0.6) is 5.75 Å². The van der Waals surface area contributed by atoms with Gasteiger partial charge in [0.1, 0.15) is 19.0 Å². The van der Waals surface area contributed by atoms with E-state index in [2.05, 4.69) is 52.9 Å². The van der Waals surface area contributed by atoms with E-state index in [4.69, 9.17) is 19.9 Å². The van der Waals surface area contributed by atoms with Gasteiger partial charge in [0.25, 0.3) is 0 Å². The number of fused-ring (bicyclic) bond motifs is 1. The average molecular weight is 562 g/mol. The normalized spacial score (nSPS) is 10.2. The fourth-order valence-corrected chi connectivity index (χ4v) is 3.81. The molecule has 0 saturated heterocycles. The van der Waals surface area contributed by atoms with Crippen LogP contribution in [-0.4, -0.2) is 50.3 Å². The van der Waals surface area contributed by atoms with Crippen molar-refractivity contribution in [3.8, 4) is 5.75 Å². The minimum atomic E-state index is -0.473. The molecule has 8 heteroatoms. The Bertz CT molecular complexity index is 1130. The standard InChI is InChI=1S/C16H23BrN2O4.C11H10O.CH4/c1-4-19(5-2)10-13-8-12(9-14(17)15(13)18)16(21)23-7-6-22-11(3)20;1-12-11-7-6-9-4-2-3-5-10(9)8-11;/h8-9H,4-7,10,18H2,1-3H3;2-8H,1H3;1H4. The number of hydrogen-bond acceptors (Lipinski definition) is 7. The van der Waals surface area contributed by atoms with Crippen molar-refractivity contribution >= 4 is 44.3 Å². The maximum absolute atomic E-state index is 12.1. The van der Waals surface area contributed by atoms with Gasteiger partial charge in [-0.2, -0.15) is 0 Å². The van der Waals surface area contributed by atoms with E-state index in [0.717, 1.165) is 24.4 Å². The second kappa shape index (κ2) is 15.8. The molecular weight excluding hydrogens is 524 g/mol. The Kier molecular flexibility index (Phi) is 13.6. The first-order valence-corrected chi connectivity index (χ1v) is 12.2. The third kappa shape index (κ3) is 9.51. The summed E-state index contributed by atoms with van der Waals surface area (Å²) in [6.45, 7) is 7.96. The van der Waals surface area contributed by atoms with Gasteiger partial charge in [0.15, 0.2) is 0 Å². The second-order valence-corrected chi connectivity index (χ2v) is 8.54. The minimum absolute atomic E-state index is 0. The number of nitrogens with two attached hydrogens (primary N) is 1. The molecule has 0 unspecified atom stereocenters. The van der Waals surface area contributed by atoms with E-state index in [-0.39, 0.29) is 20.6 Å². The monoisotopic (exact) mass is 560 g/mol. The molecule has 0 aliphatic carbocycles. The first kappa shape index (κ1) is 30.9. The molecule has 3 aromatic rings. The van der Waals surface area contributed by atoms with Gasteiger partial charge in [-0.05, 0) is 69.6 Å². The van der Waals surface area contributed by atoms with Crippen LogP contribution in [0.4, 0.5) is 5.69 Å². The number of halogens is 1. The number of anilines is 1. The van der Waals surface area contributed by atoms with Crippen LogP contribution in [-0.2, 0) is 20.8 Å². The van der Waals surface area contributed by atoms with Gasteiger partial charge in [-0.3, -0.25) is 9.69 Å². The Hall–Kier alpha value is -3.10. The number of nitrogens with zero attached hydrogens (tertiary/aromatic N) is 1. The highest BCUT2D eigenvalue weighted by molar-refractivity contribution is 9.10.